The molecule has 6 rings (SSSR count). The van der Waals surface area contributed by atoms with Crippen LogP contribution in [0.15, 0.2) is 72.8 Å². The van der Waals surface area contributed by atoms with Gasteiger partial charge in [0, 0.05) is 21.3 Å². The van der Waals surface area contributed by atoms with E-state index in [1.165, 1.54) is 62.2 Å². The van der Waals surface area contributed by atoms with E-state index in [4.69, 9.17) is 27.8 Å². The third kappa shape index (κ3) is 10.7. The van der Waals surface area contributed by atoms with Crippen molar-refractivity contribution in [2.75, 3.05) is 20.1 Å². The lowest BCUT2D eigenvalue weighted by Crippen LogP contribution is -2.37. The van der Waals surface area contributed by atoms with Crippen LogP contribution < -0.4 is 16.2 Å². The summed E-state index contributed by atoms with van der Waals surface area (Å²) in [6.45, 7) is 2.36. The van der Waals surface area contributed by atoms with Gasteiger partial charge >= 0.3 is 0 Å². The van der Waals surface area contributed by atoms with Crippen LogP contribution in [0.4, 0.5) is 8.78 Å². The van der Waals surface area contributed by atoms with Crippen molar-refractivity contribution in [1.82, 2.24) is 4.90 Å². The standard InChI is InChI=1S/C15H11ClF2O.C15H15NO3S.C6H14N2/c16-14-7-3-12(4-8-14)11-1-5-13(6-2-11)15(17,18)9-10-19;16-15(18)14(17)13-7-9-5-6-11(8-12(9)20-13)19-10-3-1-2-4-10;1-8-4-2-6(7)3-5-8/h1-8,10H,9H2;5-8,10H,1-4H2,(H2,16,18);6H,2-5,7H2,1H3. The summed E-state index contributed by atoms with van der Waals surface area (Å²) in [4.78, 5) is 35.4. The lowest BCUT2D eigenvalue weighted by Gasteiger charge is -2.25. The minimum atomic E-state index is -3.11. The van der Waals surface area contributed by atoms with Crippen molar-refractivity contribution in [3.8, 4) is 16.9 Å². The average molecular weight is 684 g/mol. The minimum absolute atomic E-state index is 0.155. The summed E-state index contributed by atoms with van der Waals surface area (Å²) in [5.41, 5.74) is 12.3. The Morgan fingerprint density at radius 1 is 0.957 bits per heavy atom. The number of benzene rings is 3. The van der Waals surface area contributed by atoms with Gasteiger partial charge in [0.05, 0.1) is 17.4 Å². The number of ketones is 1. The minimum Gasteiger partial charge on any atom is -0.490 e. The number of nitrogens with two attached hydrogens (primary N) is 2. The van der Waals surface area contributed by atoms with E-state index in [0.717, 1.165) is 39.8 Å². The normalized spacial score (nSPS) is 15.7. The SMILES string of the molecule is CN1CCC(N)CC1.NC(=O)C(=O)c1cc2ccc(OC3CCCC3)cc2s1.O=CCC(F)(F)c1ccc(-c2ccc(Cl)cc2)cc1. The van der Waals surface area contributed by atoms with Gasteiger partial charge in [-0.3, -0.25) is 9.59 Å². The predicted octanol–water partition coefficient (Wildman–Crippen LogP) is 7.62. The van der Waals surface area contributed by atoms with E-state index >= 15 is 0 Å². The molecule has 0 atom stereocenters. The number of rotatable bonds is 8. The van der Waals surface area contributed by atoms with E-state index in [1.54, 1.807) is 30.3 Å². The molecule has 0 radical (unpaired) electrons. The average Bonchev–Trinajstić information content (AvgIpc) is 3.73. The number of carbonyl (C=O) groups is 3. The summed E-state index contributed by atoms with van der Waals surface area (Å²) in [6.07, 6.45) is 6.75. The van der Waals surface area contributed by atoms with Gasteiger partial charge in [-0.1, -0.05) is 48.0 Å². The monoisotopic (exact) mass is 683 g/mol. The van der Waals surface area contributed by atoms with E-state index in [2.05, 4.69) is 11.9 Å². The van der Waals surface area contributed by atoms with Gasteiger partial charge in [-0.05, 0) is 112 Å². The van der Waals surface area contributed by atoms with Crippen LogP contribution in [-0.2, 0) is 15.5 Å². The number of Topliss-reactive ketones (excluding diaryl/α,β-unsaturated/α-hetero) is 1. The lowest BCUT2D eigenvalue weighted by molar-refractivity contribution is -0.115. The molecule has 1 aliphatic heterocycles. The Morgan fingerprint density at radius 3 is 2.11 bits per heavy atom. The number of primary amides is 1. The quantitative estimate of drug-likeness (QED) is 0.112. The second kappa shape index (κ2) is 16.9. The van der Waals surface area contributed by atoms with Gasteiger partial charge < -0.3 is 25.9 Å². The number of carbonyl (C=O) groups excluding carboxylic acids is 3. The Morgan fingerprint density at radius 2 is 1.55 bits per heavy atom. The van der Waals surface area contributed by atoms with Crippen molar-refractivity contribution < 1.29 is 27.9 Å². The number of aldehydes is 1. The molecular weight excluding hydrogens is 644 g/mol. The third-order valence-electron chi connectivity index (χ3n) is 8.13. The van der Waals surface area contributed by atoms with Gasteiger partial charge in [-0.2, -0.15) is 0 Å². The fourth-order valence-electron chi connectivity index (χ4n) is 5.32. The van der Waals surface area contributed by atoms with E-state index in [0.29, 0.717) is 22.0 Å². The van der Waals surface area contributed by atoms with Crippen LogP contribution in [0.5, 0.6) is 5.75 Å². The third-order valence-corrected chi connectivity index (χ3v) is 9.48. The molecule has 47 heavy (non-hydrogen) atoms. The van der Waals surface area contributed by atoms with Crippen molar-refractivity contribution in [1.29, 1.82) is 0 Å². The lowest BCUT2D eigenvalue weighted by atomic mass is 10.0. The van der Waals surface area contributed by atoms with Crippen LogP contribution >= 0.6 is 22.9 Å². The van der Waals surface area contributed by atoms with Crippen LogP contribution in [0.2, 0.25) is 5.02 Å². The van der Waals surface area contributed by atoms with E-state index < -0.39 is 24.0 Å². The van der Waals surface area contributed by atoms with Gasteiger partial charge in [0.15, 0.2) is 0 Å². The van der Waals surface area contributed by atoms with Crippen molar-refractivity contribution in [3.63, 3.8) is 0 Å². The number of amides is 1. The Balaban J connectivity index is 0.000000173. The summed E-state index contributed by atoms with van der Waals surface area (Å²) in [6, 6.07) is 20.9. The molecule has 1 amide bonds. The van der Waals surface area contributed by atoms with E-state index in [1.807, 2.05) is 30.3 Å². The largest absolute Gasteiger partial charge is 0.490 e. The van der Waals surface area contributed by atoms with Crippen molar-refractivity contribution in [2.45, 2.75) is 63.0 Å². The fourth-order valence-corrected chi connectivity index (χ4v) is 6.48. The number of likely N-dealkylation sites (tertiary alicyclic amines) is 1. The molecule has 0 spiro atoms. The zero-order valence-electron chi connectivity index (χ0n) is 26.3. The maximum atomic E-state index is 13.5. The highest BCUT2D eigenvalue weighted by Gasteiger charge is 2.30. The smallest absolute Gasteiger partial charge is 0.290 e. The number of halogens is 3. The molecule has 2 heterocycles. The molecule has 11 heteroatoms. The highest BCUT2D eigenvalue weighted by molar-refractivity contribution is 7.21. The Bertz CT molecular complexity index is 1620. The molecule has 1 saturated heterocycles. The number of nitrogens with zero attached hydrogens (tertiary/aromatic N) is 1. The van der Waals surface area contributed by atoms with Crippen molar-refractivity contribution in [2.24, 2.45) is 11.5 Å². The summed E-state index contributed by atoms with van der Waals surface area (Å²) in [5.74, 6) is -3.84. The van der Waals surface area contributed by atoms with Gasteiger partial charge in [0.1, 0.15) is 12.0 Å². The zero-order valence-corrected chi connectivity index (χ0v) is 27.9. The first-order valence-corrected chi connectivity index (χ1v) is 16.8. The number of ether oxygens (including phenoxy) is 1. The van der Waals surface area contributed by atoms with Gasteiger partial charge in [0.25, 0.3) is 17.6 Å². The van der Waals surface area contributed by atoms with Gasteiger partial charge in [-0.15, -0.1) is 11.3 Å². The molecule has 0 unspecified atom stereocenters. The van der Waals surface area contributed by atoms with Crippen LogP contribution in [0.25, 0.3) is 21.2 Å². The number of alkyl halides is 2. The molecule has 1 aliphatic carbocycles. The molecule has 1 saturated carbocycles. The molecule has 4 N–H and O–H groups in total. The number of piperidine rings is 1. The fraction of sp³-hybridized carbons (Fsp3) is 0.361. The van der Waals surface area contributed by atoms with Crippen LogP contribution in [0.3, 0.4) is 0 Å². The molecule has 7 nitrogen and oxygen atoms in total. The van der Waals surface area contributed by atoms with Crippen molar-refractivity contribution in [3.05, 3.63) is 88.3 Å². The molecule has 2 aliphatic rings. The molecule has 2 fully saturated rings. The number of hydrogen-bond acceptors (Lipinski definition) is 7. The highest BCUT2D eigenvalue weighted by Crippen LogP contribution is 2.33. The zero-order chi connectivity index (χ0) is 34.0. The van der Waals surface area contributed by atoms with Gasteiger partial charge in [0.2, 0.25) is 0 Å². The Labute approximate surface area is 282 Å². The Kier molecular flexibility index (Phi) is 13.0. The number of fused-ring (bicyclic) bond motifs is 1. The van der Waals surface area contributed by atoms with Crippen LogP contribution in [0.1, 0.15) is 60.2 Å². The van der Waals surface area contributed by atoms with Gasteiger partial charge in [-0.25, -0.2) is 8.78 Å². The first kappa shape index (κ1) is 36.1. The first-order valence-electron chi connectivity index (χ1n) is 15.6. The summed E-state index contributed by atoms with van der Waals surface area (Å²) in [7, 11) is 2.14. The molecular formula is C36H40ClF2N3O4S. The first-order chi connectivity index (χ1) is 22.4. The molecule has 3 aromatic carbocycles. The maximum absolute atomic E-state index is 13.5. The second-order valence-corrected chi connectivity index (χ2v) is 13.3. The molecule has 1 aromatic heterocycles. The van der Waals surface area contributed by atoms with Crippen molar-refractivity contribution >= 4 is 51.0 Å². The summed E-state index contributed by atoms with van der Waals surface area (Å²) in [5, 5.41) is 1.55. The molecule has 0 bridgehead atoms. The number of hydrogen-bond donors (Lipinski definition) is 2. The van der Waals surface area contributed by atoms with E-state index in [9.17, 15) is 23.2 Å². The Hall–Kier alpha value is -3.70. The number of thiophene rings is 1. The maximum Gasteiger partial charge on any atom is 0.290 e. The van der Waals surface area contributed by atoms with E-state index in [-0.39, 0.29) is 11.8 Å². The topological polar surface area (TPSA) is 116 Å². The van der Waals surface area contributed by atoms with Crippen LogP contribution in [0, 0.1) is 0 Å². The molecule has 4 aromatic rings. The predicted molar refractivity (Wildman–Crippen MR) is 184 cm³/mol. The highest BCUT2D eigenvalue weighted by atomic mass is 35.5. The van der Waals surface area contributed by atoms with Crippen LogP contribution in [-0.4, -0.2) is 55.2 Å². The second-order valence-electron chi connectivity index (χ2n) is 11.8. The molecule has 250 valence electrons. The summed E-state index contributed by atoms with van der Waals surface area (Å²) < 4.78 is 33.9. The summed E-state index contributed by atoms with van der Waals surface area (Å²) >= 11 is 7.06.